The van der Waals surface area contributed by atoms with Crippen LogP contribution in [-0.2, 0) is 6.54 Å². The van der Waals surface area contributed by atoms with Crippen LogP contribution in [0.2, 0.25) is 0 Å². The normalized spacial score (nSPS) is 10.6. The third-order valence-corrected chi connectivity index (χ3v) is 4.96. The average molecular weight is 415 g/mol. The number of aromatic amines is 1. The highest BCUT2D eigenvalue weighted by atomic mass is 16.5. The molecular weight excluding hydrogens is 394 g/mol. The fourth-order valence-electron chi connectivity index (χ4n) is 3.39. The quantitative estimate of drug-likeness (QED) is 0.518. The zero-order chi connectivity index (χ0) is 21.8. The molecule has 0 aliphatic heterocycles. The summed E-state index contributed by atoms with van der Waals surface area (Å²) in [6.45, 7) is 0.0399. The fraction of sp³-hybridized carbons (Fsp3) is 0.125. The summed E-state index contributed by atoms with van der Waals surface area (Å²) in [4.78, 5) is 34.7. The van der Waals surface area contributed by atoms with Crippen molar-refractivity contribution in [2.75, 3.05) is 19.1 Å². The number of methoxy groups -OCH3 is 2. The van der Waals surface area contributed by atoms with Crippen molar-refractivity contribution in [1.82, 2.24) is 9.97 Å². The molecule has 0 saturated heterocycles. The van der Waals surface area contributed by atoms with E-state index >= 15 is 0 Å². The van der Waals surface area contributed by atoms with Gasteiger partial charge in [-0.05, 0) is 48.5 Å². The van der Waals surface area contributed by atoms with E-state index in [0.29, 0.717) is 28.3 Å². The van der Waals surface area contributed by atoms with E-state index in [4.69, 9.17) is 9.47 Å². The van der Waals surface area contributed by atoms with Gasteiger partial charge < -0.3 is 14.5 Å². The standard InChI is InChI=1S/C24H21N3O4/c1-30-18-10-11-19-16(14-18)13-17(23(28)26-19)15-27(21-8-3-4-9-22(21)31-2)24(29)20-7-5-6-12-25-20/h3-14H,15H2,1-2H3,(H,26,28). The van der Waals surface area contributed by atoms with E-state index < -0.39 is 0 Å². The van der Waals surface area contributed by atoms with E-state index in [2.05, 4.69) is 9.97 Å². The number of para-hydroxylation sites is 2. The minimum Gasteiger partial charge on any atom is -0.497 e. The van der Waals surface area contributed by atoms with Crippen LogP contribution >= 0.6 is 0 Å². The summed E-state index contributed by atoms with van der Waals surface area (Å²) in [5, 5.41) is 0.805. The van der Waals surface area contributed by atoms with Crippen molar-refractivity contribution in [1.29, 1.82) is 0 Å². The van der Waals surface area contributed by atoms with E-state index in [0.717, 1.165) is 5.39 Å². The van der Waals surface area contributed by atoms with Crippen molar-refractivity contribution in [2.45, 2.75) is 6.54 Å². The van der Waals surface area contributed by atoms with Gasteiger partial charge in [-0.15, -0.1) is 0 Å². The summed E-state index contributed by atoms with van der Waals surface area (Å²) in [7, 11) is 3.13. The molecule has 0 fully saturated rings. The van der Waals surface area contributed by atoms with Gasteiger partial charge in [0.1, 0.15) is 17.2 Å². The van der Waals surface area contributed by atoms with Crippen molar-refractivity contribution in [3.63, 3.8) is 0 Å². The van der Waals surface area contributed by atoms with Gasteiger partial charge in [-0.3, -0.25) is 19.5 Å². The van der Waals surface area contributed by atoms with Gasteiger partial charge in [-0.25, -0.2) is 0 Å². The largest absolute Gasteiger partial charge is 0.497 e. The number of fused-ring (bicyclic) bond motifs is 1. The summed E-state index contributed by atoms with van der Waals surface area (Å²) in [6, 6.07) is 19.5. The molecule has 0 bridgehead atoms. The number of aromatic nitrogens is 2. The molecule has 1 N–H and O–H groups in total. The summed E-state index contributed by atoms with van der Waals surface area (Å²) in [5.74, 6) is 0.859. The van der Waals surface area contributed by atoms with Crippen molar-refractivity contribution in [2.24, 2.45) is 0 Å². The summed E-state index contributed by atoms with van der Waals surface area (Å²) in [6.07, 6.45) is 1.56. The molecule has 4 aromatic rings. The molecule has 0 unspecified atom stereocenters. The Bertz CT molecular complexity index is 1290. The zero-order valence-corrected chi connectivity index (χ0v) is 17.2. The second-order valence-electron chi connectivity index (χ2n) is 6.86. The lowest BCUT2D eigenvalue weighted by Gasteiger charge is -2.24. The van der Waals surface area contributed by atoms with Crippen LogP contribution in [0, 0.1) is 0 Å². The van der Waals surface area contributed by atoms with Crippen molar-refractivity contribution < 1.29 is 14.3 Å². The second-order valence-corrected chi connectivity index (χ2v) is 6.86. The van der Waals surface area contributed by atoms with Gasteiger partial charge in [0.2, 0.25) is 0 Å². The van der Waals surface area contributed by atoms with Crippen LogP contribution in [-0.4, -0.2) is 30.1 Å². The summed E-state index contributed by atoms with van der Waals surface area (Å²) in [5.41, 5.74) is 1.66. The topological polar surface area (TPSA) is 84.5 Å². The zero-order valence-electron chi connectivity index (χ0n) is 17.2. The number of anilines is 1. The molecule has 1 amide bonds. The number of nitrogens with one attached hydrogen (secondary N) is 1. The number of rotatable bonds is 6. The van der Waals surface area contributed by atoms with E-state index in [1.807, 2.05) is 18.2 Å². The second kappa shape index (κ2) is 8.71. The highest BCUT2D eigenvalue weighted by Crippen LogP contribution is 2.30. The van der Waals surface area contributed by atoms with Gasteiger partial charge in [0.25, 0.3) is 11.5 Å². The maximum Gasteiger partial charge on any atom is 0.277 e. The number of pyridine rings is 2. The van der Waals surface area contributed by atoms with E-state index in [9.17, 15) is 9.59 Å². The first kappa shape index (κ1) is 20.2. The number of nitrogens with zero attached hydrogens (tertiary/aromatic N) is 2. The predicted octanol–water partition coefficient (Wildman–Crippen LogP) is 3.79. The molecule has 0 radical (unpaired) electrons. The summed E-state index contributed by atoms with van der Waals surface area (Å²) < 4.78 is 10.8. The van der Waals surface area contributed by atoms with Crippen molar-refractivity contribution in [3.8, 4) is 11.5 Å². The SMILES string of the molecule is COc1ccc2[nH]c(=O)c(CN(C(=O)c3ccccn3)c3ccccc3OC)cc2c1. The number of ether oxygens (including phenoxy) is 2. The molecule has 0 atom stereocenters. The van der Waals surface area contributed by atoms with E-state index in [1.54, 1.807) is 61.8 Å². The molecule has 7 heteroatoms. The average Bonchev–Trinajstić information content (AvgIpc) is 2.82. The first-order valence-electron chi connectivity index (χ1n) is 9.66. The molecule has 0 saturated carbocycles. The van der Waals surface area contributed by atoms with Crippen LogP contribution in [0.1, 0.15) is 16.1 Å². The lowest BCUT2D eigenvalue weighted by atomic mass is 10.1. The van der Waals surface area contributed by atoms with Crippen molar-refractivity contribution in [3.05, 3.63) is 94.5 Å². The van der Waals surface area contributed by atoms with Crippen LogP contribution in [0.25, 0.3) is 10.9 Å². The molecule has 7 nitrogen and oxygen atoms in total. The Kier molecular flexibility index (Phi) is 5.66. The highest BCUT2D eigenvalue weighted by molar-refractivity contribution is 6.05. The molecule has 0 aliphatic carbocycles. The smallest absolute Gasteiger partial charge is 0.277 e. The van der Waals surface area contributed by atoms with Crippen LogP contribution in [0.5, 0.6) is 11.5 Å². The summed E-state index contributed by atoms with van der Waals surface area (Å²) >= 11 is 0. The number of carbonyl (C=O) groups is 1. The first-order chi connectivity index (χ1) is 15.1. The molecular formula is C24H21N3O4. The third kappa shape index (κ3) is 4.11. The Balaban J connectivity index is 1.82. The number of carbonyl (C=O) groups excluding carboxylic acids is 1. The Morgan fingerprint density at radius 3 is 2.55 bits per heavy atom. The van der Waals surface area contributed by atoms with Gasteiger partial charge >= 0.3 is 0 Å². The number of hydrogen-bond acceptors (Lipinski definition) is 5. The lowest BCUT2D eigenvalue weighted by Crippen LogP contribution is -2.33. The van der Waals surface area contributed by atoms with Crippen LogP contribution < -0.4 is 19.9 Å². The maximum absolute atomic E-state index is 13.4. The monoisotopic (exact) mass is 415 g/mol. The van der Waals surface area contributed by atoms with Gasteiger partial charge in [0.15, 0.2) is 0 Å². The lowest BCUT2D eigenvalue weighted by molar-refractivity contribution is 0.0979. The number of hydrogen-bond donors (Lipinski definition) is 1. The Hall–Kier alpha value is -4.13. The van der Waals surface area contributed by atoms with Crippen LogP contribution in [0.4, 0.5) is 5.69 Å². The molecule has 2 heterocycles. The molecule has 2 aromatic heterocycles. The third-order valence-electron chi connectivity index (χ3n) is 4.96. The fourth-order valence-corrected chi connectivity index (χ4v) is 3.39. The Morgan fingerprint density at radius 1 is 1.00 bits per heavy atom. The Labute approximate surface area is 178 Å². The Morgan fingerprint density at radius 2 is 1.81 bits per heavy atom. The number of benzene rings is 2. The molecule has 31 heavy (non-hydrogen) atoms. The molecule has 0 spiro atoms. The molecule has 2 aromatic carbocycles. The molecule has 0 aliphatic rings. The predicted molar refractivity (Wildman–Crippen MR) is 119 cm³/mol. The number of H-pyrrole nitrogens is 1. The van der Waals surface area contributed by atoms with Gasteiger partial charge in [0, 0.05) is 22.7 Å². The maximum atomic E-state index is 13.4. The van der Waals surface area contributed by atoms with E-state index in [-0.39, 0.29) is 23.7 Å². The molecule has 4 rings (SSSR count). The van der Waals surface area contributed by atoms with Gasteiger partial charge in [-0.2, -0.15) is 0 Å². The molecule has 156 valence electrons. The van der Waals surface area contributed by atoms with Crippen LogP contribution in [0.15, 0.2) is 77.7 Å². The first-order valence-corrected chi connectivity index (χ1v) is 9.66. The minimum absolute atomic E-state index is 0.0399. The minimum atomic E-state index is -0.338. The number of amides is 1. The highest BCUT2D eigenvalue weighted by Gasteiger charge is 2.23. The van der Waals surface area contributed by atoms with E-state index in [1.165, 1.54) is 12.0 Å². The van der Waals surface area contributed by atoms with Crippen LogP contribution in [0.3, 0.4) is 0 Å². The van der Waals surface area contributed by atoms with Crippen molar-refractivity contribution >= 4 is 22.5 Å². The van der Waals surface area contributed by atoms with Gasteiger partial charge in [0.05, 0.1) is 26.5 Å². The van der Waals surface area contributed by atoms with Gasteiger partial charge in [-0.1, -0.05) is 18.2 Å².